The fraction of sp³-hybridized carbons (Fsp3) is 0.250. The topological polar surface area (TPSA) is 35.2 Å². The molecule has 0 spiro atoms. The van der Waals surface area contributed by atoms with E-state index in [0.29, 0.717) is 22.9 Å². The number of hydrogen-bond acceptors (Lipinski definition) is 2. The summed E-state index contributed by atoms with van der Waals surface area (Å²) in [5.41, 5.74) is 7.59. The first kappa shape index (κ1) is 14.8. The van der Waals surface area contributed by atoms with E-state index in [1.807, 2.05) is 26.0 Å². The van der Waals surface area contributed by atoms with E-state index in [4.69, 9.17) is 22.1 Å². The van der Waals surface area contributed by atoms with Crippen LogP contribution in [0.2, 0.25) is 5.02 Å². The molecule has 0 saturated carbocycles. The highest BCUT2D eigenvalue weighted by molar-refractivity contribution is 6.32. The molecular formula is C16H17ClFNO. The van der Waals surface area contributed by atoms with Crippen LogP contribution in [0.5, 0.6) is 11.5 Å². The Hall–Kier alpha value is -1.58. The minimum Gasteiger partial charge on any atom is -0.455 e. The number of para-hydroxylation sites is 1. The van der Waals surface area contributed by atoms with Crippen molar-refractivity contribution in [2.75, 3.05) is 0 Å². The van der Waals surface area contributed by atoms with Crippen molar-refractivity contribution in [2.45, 2.75) is 26.3 Å². The summed E-state index contributed by atoms with van der Waals surface area (Å²) in [6.45, 7) is 3.77. The quantitative estimate of drug-likeness (QED) is 0.902. The Balaban J connectivity index is 2.39. The first-order valence-electron chi connectivity index (χ1n) is 6.44. The van der Waals surface area contributed by atoms with E-state index in [1.165, 1.54) is 12.1 Å². The second kappa shape index (κ2) is 6.25. The maximum atomic E-state index is 13.3. The zero-order chi connectivity index (χ0) is 14.7. The van der Waals surface area contributed by atoms with E-state index in [9.17, 15) is 4.39 Å². The van der Waals surface area contributed by atoms with Gasteiger partial charge in [0.25, 0.3) is 0 Å². The van der Waals surface area contributed by atoms with Crippen molar-refractivity contribution in [3.63, 3.8) is 0 Å². The van der Waals surface area contributed by atoms with Crippen molar-refractivity contribution in [3.05, 3.63) is 58.4 Å². The van der Waals surface area contributed by atoms with E-state index >= 15 is 0 Å². The Bertz CT molecular complexity index is 613. The van der Waals surface area contributed by atoms with Crippen molar-refractivity contribution in [1.29, 1.82) is 0 Å². The molecule has 0 aromatic heterocycles. The van der Waals surface area contributed by atoms with Gasteiger partial charge in [-0.25, -0.2) is 4.39 Å². The van der Waals surface area contributed by atoms with Crippen LogP contribution in [-0.2, 0) is 6.42 Å². The molecule has 1 unspecified atom stereocenters. The maximum Gasteiger partial charge on any atom is 0.149 e. The number of aryl methyl sites for hydroxylation is 1. The van der Waals surface area contributed by atoms with Gasteiger partial charge in [0.05, 0.1) is 5.02 Å². The van der Waals surface area contributed by atoms with Crippen molar-refractivity contribution in [1.82, 2.24) is 0 Å². The van der Waals surface area contributed by atoms with Crippen LogP contribution in [0.15, 0.2) is 36.4 Å². The van der Waals surface area contributed by atoms with E-state index < -0.39 is 0 Å². The lowest BCUT2D eigenvalue weighted by Gasteiger charge is -2.15. The molecule has 0 fully saturated rings. The molecule has 4 heteroatoms. The number of rotatable bonds is 4. The van der Waals surface area contributed by atoms with Gasteiger partial charge in [0.2, 0.25) is 0 Å². The summed E-state index contributed by atoms with van der Waals surface area (Å²) < 4.78 is 19.2. The molecule has 1 atom stereocenters. The van der Waals surface area contributed by atoms with Crippen LogP contribution in [0.3, 0.4) is 0 Å². The predicted octanol–water partition coefficient (Wildman–Crippen LogP) is 4.47. The molecule has 0 saturated heterocycles. The summed E-state index contributed by atoms with van der Waals surface area (Å²) >= 11 is 6.20. The van der Waals surface area contributed by atoms with Gasteiger partial charge in [0.1, 0.15) is 17.3 Å². The Morgan fingerprint density at radius 2 is 2.05 bits per heavy atom. The molecule has 0 aliphatic heterocycles. The van der Waals surface area contributed by atoms with E-state index in [2.05, 4.69) is 0 Å². The van der Waals surface area contributed by atoms with Crippen molar-refractivity contribution in [2.24, 2.45) is 5.73 Å². The maximum absolute atomic E-state index is 13.3. The first-order chi connectivity index (χ1) is 9.47. The summed E-state index contributed by atoms with van der Waals surface area (Å²) in [6, 6.07) is 9.93. The number of nitrogens with two attached hydrogens (primary N) is 1. The van der Waals surface area contributed by atoms with Gasteiger partial charge in [-0.1, -0.05) is 29.8 Å². The van der Waals surface area contributed by atoms with Crippen molar-refractivity contribution < 1.29 is 9.13 Å². The third kappa shape index (κ3) is 3.50. The fourth-order valence-corrected chi connectivity index (χ4v) is 2.20. The molecular weight excluding hydrogens is 277 g/mol. The summed E-state index contributed by atoms with van der Waals surface area (Å²) in [4.78, 5) is 0. The molecule has 0 amide bonds. The van der Waals surface area contributed by atoms with Crippen LogP contribution in [0.4, 0.5) is 4.39 Å². The first-order valence-corrected chi connectivity index (χ1v) is 6.82. The lowest BCUT2D eigenvalue weighted by molar-refractivity contribution is 0.465. The standard InChI is InChI=1S/C16H17ClFNO/c1-10-6-7-13(18)9-15(10)20-16-12(8-11(2)19)4-3-5-14(16)17/h3-7,9,11H,8,19H2,1-2H3. The molecule has 0 aliphatic carbocycles. The van der Waals surface area contributed by atoms with Gasteiger partial charge >= 0.3 is 0 Å². The van der Waals surface area contributed by atoms with Crippen LogP contribution >= 0.6 is 11.6 Å². The molecule has 106 valence electrons. The van der Waals surface area contributed by atoms with Crippen LogP contribution in [0.1, 0.15) is 18.1 Å². The molecule has 0 heterocycles. The molecule has 0 aliphatic rings. The molecule has 20 heavy (non-hydrogen) atoms. The number of halogens is 2. The normalized spacial score (nSPS) is 12.2. The zero-order valence-electron chi connectivity index (χ0n) is 11.5. The Kier molecular flexibility index (Phi) is 4.63. The third-order valence-electron chi connectivity index (χ3n) is 2.95. The second-order valence-corrected chi connectivity index (χ2v) is 5.33. The number of benzene rings is 2. The number of hydrogen-bond donors (Lipinski definition) is 1. The van der Waals surface area contributed by atoms with Crippen LogP contribution in [0.25, 0.3) is 0 Å². The third-order valence-corrected chi connectivity index (χ3v) is 3.25. The zero-order valence-corrected chi connectivity index (χ0v) is 12.2. The highest BCUT2D eigenvalue weighted by atomic mass is 35.5. The highest BCUT2D eigenvalue weighted by Gasteiger charge is 2.12. The molecule has 2 rings (SSSR count). The average Bonchev–Trinajstić information content (AvgIpc) is 2.37. The van der Waals surface area contributed by atoms with Crippen molar-refractivity contribution in [3.8, 4) is 11.5 Å². The highest BCUT2D eigenvalue weighted by Crippen LogP contribution is 2.35. The van der Waals surface area contributed by atoms with Gasteiger partial charge < -0.3 is 10.5 Å². The molecule has 2 nitrogen and oxygen atoms in total. The smallest absolute Gasteiger partial charge is 0.149 e. The summed E-state index contributed by atoms with van der Waals surface area (Å²) in [7, 11) is 0. The lowest BCUT2D eigenvalue weighted by atomic mass is 10.1. The van der Waals surface area contributed by atoms with Crippen LogP contribution in [-0.4, -0.2) is 6.04 Å². The second-order valence-electron chi connectivity index (χ2n) is 4.92. The summed E-state index contributed by atoms with van der Waals surface area (Å²) in [5, 5.41) is 0.492. The largest absolute Gasteiger partial charge is 0.455 e. The monoisotopic (exact) mass is 293 g/mol. The fourth-order valence-electron chi connectivity index (χ4n) is 1.97. The summed E-state index contributed by atoms with van der Waals surface area (Å²) in [5.74, 6) is 0.663. The van der Waals surface area contributed by atoms with E-state index in [-0.39, 0.29) is 11.9 Å². The molecule has 2 aromatic rings. The number of ether oxygens (including phenoxy) is 1. The Morgan fingerprint density at radius 3 is 2.75 bits per heavy atom. The van der Waals surface area contributed by atoms with E-state index in [0.717, 1.165) is 11.1 Å². The van der Waals surface area contributed by atoms with E-state index in [1.54, 1.807) is 12.1 Å². The Labute approximate surface area is 123 Å². The predicted molar refractivity (Wildman–Crippen MR) is 80.0 cm³/mol. The summed E-state index contributed by atoms with van der Waals surface area (Å²) in [6.07, 6.45) is 0.643. The minimum absolute atomic E-state index is 0.00979. The van der Waals surface area contributed by atoms with Crippen LogP contribution < -0.4 is 10.5 Å². The van der Waals surface area contributed by atoms with Gasteiger partial charge in [-0.15, -0.1) is 0 Å². The Morgan fingerprint density at radius 1 is 1.30 bits per heavy atom. The average molecular weight is 294 g/mol. The van der Waals surface area contributed by atoms with Crippen LogP contribution in [0, 0.1) is 12.7 Å². The van der Waals surface area contributed by atoms with Gasteiger partial charge in [0.15, 0.2) is 0 Å². The molecule has 2 N–H and O–H groups in total. The lowest BCUT2D eigenvalue weighted by Crippen LogP contribution is -2.18. The molecule has 2 aromatic carbocycles. The molecule has 0 radical (unpaired) electrons. The molecule has 0 bridgehead atoms. The SMILES string of the molecule is Cc1ccc(F)cc1Oc1c(Cl)cccc1CC(C)N. The van der Waals surface area contributed by atoms with Gasteiger partial charge in [0, 0.05) is 12.1 Å². The van der Waals surface area contributed by atoms with Crippen molar-refractivity contribution >= 4 is 11.6 Å². The van der Waals surface area contributed by atoms with Gasteiger partial charge in [-0.2, -0.15) is 0 Å². The minimum atomic E-state index is -0.341. The van der Waals surface area contributed by atoms with Gasteiger partial charge in [-0.3, -0.25) is 0 Å². The van der Waals surface area contributed by atoms with Gasteiger partial charge in [-0.05, 0) is 43.5 Å².